The second kappa shape index (κ2) is 5.59. The van der Waals surface area contributed by atoms with Crippen LogP contribution in [-0.4, -0.2) is 38.0 Å². The Kier molecular flexibility index (Phi) is 3.62. The molecule has 0 aromatic carbocycles. The molecule has 1 aliphatic heterocycles. The van der Waals surface area contributed by atoms with Gasteiger partial charge >= 0.3 is 0 Å². The third kappa shape index (κ3) is 2.57. The van der Waals surface area contributed by atoms with Crippen LogP contribution in [0.25, 0.3) is 0 Å². The molecule has 3 rings (SSSR count). The fourth-order valence-electron chi connectivity index (χ4n) is 2.78. The van der Waals surface area contributed by atoms with Crippen molar-refractivity contribution < 1.29 is 9.59 Å². The van der Waals surface area contributed by atoms with E-state index in [1.165, 1.54) is 12.3 Å². The molecular weight excluding hydrogens is 282 g/mol. The average molecular weight is 299 g/mol. The highest BCUT2D eigenvalue weighted by atomic mass is 16.2. The molecule has 0 unspecified atom stereocenters. The highest BCUT2D eigenvalue weighted by Crippen LogP contribution is 2.32. The first-order chi connectivity index (χ1) is 10.6. The minimum Gasteiger partial charge on any atom is -0.366 e. The van der Waals surface area contributed by atoms with Crippen molar-refractivity contribution in [3.8, 4) is 0 Å². The van der Waals surface area contributed by atoms with Crippen LogP contribution in [0, 0.1) is 0 Å². The minimum atomic E-state index is -0.555. The Morgan fingerprint density at radius 2 is 2.14 bits per heavy atom. The summed E-state index contributed by atoms with van der Waals surface area (Å²) >= 11 is 0. The Morgan fingerprint density at radius 3 is 2.73 bits per heavy atom. The third-order valence-electron chi connectivity index (χ3n) is 3.89. The van der Waals surface area contributed by atoms with Gasteiger partial charge in [0.1, 0.15) is 5.69 Å². The van der Waals surface area contributed by atoms with Crippen molar-refractivity contribution in [2.75, 3.05) is 6.54 Å². The van der Waals surface area contributed by atoms with E-state index in [-0.39, 0.29) is 11.9 Å². The molecule has 0 aliphatic carbocycles. The van der Waals surface area contributed by atoms with Gasteiger partial charge in [-0.05, 0) is 25.0 Å². The maximum atomic E-state index is 12.6. The van der Waals surface area contributed by atoms with Gasteiger partial charge in [-0.25, -0.2) is 0 Å². The normalized spacial score (nSPS) is 17.7. The van der Waals surface area contributed by atoms with Gasteiger partial charge in [0.05, 0.1) is 17.8 Å². The molecule has 1 saturated heterocycles. The van der Waals surface area contributed by atoms with Crippen molar-refractivity contribution in [2.45, 2.75) is 18.9 Å². The monoisotopic (exact) mass is 299 g/mol. The summed E-state index contributed by atoms with van der Waals surface area (Å²) < 4.78 is 1.73. The number of amides is 2. The number of hydrogen-bond donors (Lipinski definition) is 1. The van der Waals surface area contributed by atoms with E-state index in [1.54, 1.807) is 16.9 Å². The van der Waals surface area contributed by atoms with Gasteiger partial charge in [-0.2, -0.15) is 5.10 Å². The number of primary amides is 1. The van der Waals surface area contributed by atoms with E-state index in [4.69, 9.17) is 5.73 Å². The van der Waals surface area contributed by atoms with Crippen molar-refractivity contribution >= 4 is 11.8 Å². The maximum Gasteiger partial charge on any atom is 0.272 e. The van der Waals surface area contributed by atoms with Gasteiger partial charge in [-0.1, -0.05) is 0 Å². The lowest BCUT2D eigenvalue weighted by Crippen LogP contribution is -2.31. The molecule has 114 valence electrons. The molecule has 2 aromatic heterocycles. The molecule has 22 heavy (non-hydrogen) atoms. The average Bonchev–Trinajstić information content (AvgIpc) is 3.15. The minimum absolute atomic E-state index is 0.0267. The number of aryl methyl sites for hydroxylation is 1. The summed E-state index contributed by atoms with van der Waals surface area (Å²) in [5.74, 6) is -0.691. The lowest BCUT2D eigenvalue weighted by molar-refractivity contribution is 0.0729. The Balaban J connectivity index is 1.82. The van der Waals surface area contributed by atoms with Gasteiger partial charge < -0.3 is 10.6 Å². The van der Waals surface area contributed by atoms with Crippen LogP contribution in [-0.2, 0) is 7.05 Å². The summed E-state index contributed by atoms with van der Waals surface area (Å²) in [5.41, 5.74) is 6.82. The molecule has 2 amide bonds. The van der Waals surface area contributed by atoms with E-state index in [0.29, 0.717) is 17.8 Å². The number of pyridine rings is 1. The van der Waals surface area contributed by atoms with Crippen LogP contribution in [0.5, 0.6) is 0 Å². The molecule has 1 fully saturated rings. The lowest BCUT2D eigenvalue weighted by Gasteiger charge is -2.23. The number of rotatable bonds is 3. The number of hydrogen-bond acceptors (Lipinski definition) is 4. The van der Waals surface area contributed by atoms with E-state index in [1.807, 2.05) is 18.1 Å². The molecule has 2 N–H and O–H groups in total. The van der Waals surface area contributed by atoms with Crippen LogP contribution in [0.2, 0.25) is 0 Å². The number of nitrogens with two attached hydrogens (primary N) is 1. The quantitative estimate of drug-likeness (QED) is 0.910. The van der Waals surface area contributed by atoms with E-state index < -0.39 is 5.91 Å². The molecule has 1 aliphatic rings. The van der Waals surface area contributed by atoms with E-state index >= 15 is 0 Å². The van der Waals surface area contributed by atoms with Crippen LogP contribution in [0.15, 0.2) is 30.7 Å². The van der Waals surface area contributed by atoms with Gasteiger partial charge in [0.2, 0.25) is 5.91 Å². The van der Waals surface area contributed by atoms with Crippen LogP contribution in [0.3, 0.4) is 0 Å². The van der Waals surface area contributed by atoms with Crippen LogP contribution in [0.1, 0.15) is 45.3 Å². The number of carbonyl (C=O) groups excluding carboxylic acids is 2. The molecule has 7 nitrogen and oxygen atoms in total. The Morgan fingerprint density at radius 1 is 1.32 bits per heavy atom. The first-order valence-electron chi connectivity index (χ1n) is 7.11. The van der Waals surface area contributed by atoms with Gasteiger partial charge in [-0.3, -0.25) is 19.3 Å². The summed E-state index contributed by atoms with van der Waals surface area (Å²) in [7, 11) is 1.86. The van der Waals surface area contributed by atoms with Crippen LogP contribution in [0.4, 0.5) is 0 Å². The van der Waals surface area contributed by atoms with Crippen molar-refractivity contribution in [1.29, 1.82) is 0 Å². The second-order valence-corrected chi connectivity index (χ2v) is 5.40. The highest BCUT2D eigenvalue weighted by molar-refractivity contribution is 5.95. The zero-order chi connectivity index (χ0) is 15.7. The predicted molar refractivity (Wildman–Crippen MR) is 79.0 cm³/mol. The van der Waals surface area contributed by atoms with Gasteiger partial charge in [0, 0.05) is 31.5 Å². The Hall–Kier alpha value is -2.70. The number of nitrogens with zero attached hydrogens (tertiary/aromatic N) is 4. The fourth-order valence-corrected chi connectivity index (χ4v) is 2.78. The molecule has 0 saturated carbocycles. The van der Waals surface area contributed by atoms with Gasteiger partial charge in [0.25, 0.3) is 5.91 Å². The van der Waals surface area contributed by atoms with Crippen LogP contribution < -0.4 is 5.73 Å². The Labute approximate surface area is 127 Å². The summed E-state index contributed by atoms with van der Waals surface area (Å²) in [6.07, 6.45) is 6.92. The van der Waals surface area contributed by atoms with Crippen molar-refractivity contribution in [3.05, 3.63) is 47.5 Å². The molecule has 3 heterocycles. The summed E-state index contributed by atoms with van der Waals surface area (Å²) in [5, 5.41) is 4.17. The molecule has 7 heteroatoms. The Bertz CT molecular complexity index is 707. The molecule has 0 spiro atoms. The lowest BCUT2D eigenvalue weighted by atomic mass is 10.1. The van der Waals surface area contributed by atoms with E-state index in [2.05, 4.69) is 10.1 Å². The summed E-state index contributed by atoms with van der Waals surface area (Å²) in [4.78, 5) is 29.6. The predicted octanol–water partition coefficient (Wildman–Crippen LogP) is 0.891. The third-order valence-corrected chi connectivity index (χ3v) is 3.89. The molecule has 0 radical (unpaired) electrons. The zero-order valence-corrected chi connectivity index (χ0v) is 12.3. The first-order valence-corrected chi connectivity index (χ1v) is 7.11. The number of aromatic nitrogens is 3. The molecule has 2 aromatic rings. The number of carbonyl (C=O) groups is 2. The second-order valence-electron chi connectivity index (χ2n) is 5.40. The van der Waals surface area contributed by atoms with Crippen molar-refractivity contribution in [3.63, 3.8) is 0 Å². The fraction of sp³-hybridized carbons (Fsp3) is 0.333. The van der Waals surface area contributed by atoms with E-state index in [0.717, 1.165) is 18.4 Å². The molecule has 1 atom stereocenters. The van der Waals surface area contributed by atoms with Gasteiger partial charge in [0.15, 0.2) is 0 Å². The summed E-state index contributed by atoms with van der Waals surface area (Å²) in [6.45, 7) is 0.692. The van der Waals surface area contributed by atoms with Crippen LogP contribution >= 0.6 is 0 Å². The standard InChI is InChI=1S/C15H17N5O2/c1-19-9-11(8-18-19)13-3-2-6-20(13)15(22)12-5-4-10(7-17-12)14(16)21/h4-5,7-9,13H,2-3,6H2,1H3,(H2,16,21)/t13-/m0/s1. The highest BCUT2D eigenvalue weighted by Gasteiger charge is 2.31. The SMILES string of the molecule is Cn1cc([C@@H]2CCCN2C(=O)c2ccc(C(N)=O)cn2)cn1. The molecule has 0 bridgehead atoms. The summed E-state index contributed by atoms with van der Waals surface area (Å²) in [6, 6.07) is 3.09. The molecular formula is C15H17N5O2. The van der Waals surface area contributed by atoms with Crippen molar-refractivity contribution in [1.82, 2.24) is 19.7 Å². The van der Waals surface area contributed by atoms with Crippen molar-refractivity contribution in [2.24, 2.45) is 12.8 Å². The maximum absolute atomic E-state index is 12.6. The largest absolute Gasteiger partial charge is 0.366 e. The first kappa shape index (κ1) is 14.2. The zero-order valence-electron chi connectivity index (χ0n) is 12.3. The number of likely N-dealkylation sites (tertiary alicyclic amines) is 1. The topological polar surface area (TPSA) is 94.1 Å². The van der Waals surface area contributed by atoms with E-state index in [9.17, 15) is 9.59 Å². The van der Waals surface area contributed by atoms with Gasteiger partial charge in [-0.15, -0.1) is 0 Å². The smallest absolute Gasteiger partial charge is 0.272 e.